The minimum atomic E-state index is 0.346. The van der Waals surface area contributed by atoms with E-state index >= 15 is 0 Å². The third-order valence-electron chi connectivity index (χ3n) is 5.10. The van der Waals surface area contributed by atoms with Gasteiger partial charge >= 0.3 is 0 Å². The second-order valence-electron chi connectivity index (χ2n) is 6.68. The average Bonchev–Trinajstić information content (AvgIpc) is 2.73. The summed E-state index contributed by atoms with van der Waals surface area (Å²) < 4.78 is 0. The quantitative estimate of drug-likeness (QED) is 0.544. The molecule has 0 saturated heterocycles. The van der Waals surface area contributed by atoms with E-state index in [0.717, 1.165) is 17.3 Å². The summed E-state index contributed by atoms with van der Waals surface area (Å²) in [6.07, 6.45) is 8.12. The van der Waals surface area contributed by atoms with Gasteiger partial charge in [0.1, 0.15) is 0 Å². The molecule has 3 heteroatoms. The molecule has 1 aromatic rings. The molecule has 1 unspecified atom stereocenters. The van der Waals surface area contributed by atoms with Crippen molar-refractivity contribution in [1.29, 1.82) is 0 Å². The summed E-state index contributed by atoms with van der Waals surface area (Å²) in [5.74, 6) is 0.993. The van der Waals surface area contributed by atoms with Gasteiger partial charge in [0.25, 0.3) is 0 Å². The van der Waals surface area contributed by atoms with Gasteiger partial charge < -0.3 is 0 Å². The van der Waals surface area contributed by atoms with Gasteiger partial charge in [0, 0.05) is 17.6 Å². The minimum Gasteiger partial charge on any atom is -0.299 e. The summed E-state index contributed by atoms with van der Waals surface area (Å²) in [5, 5.41) is 0.873. The van der Waals surface area contributed by atoms with Gasteiger partial charge in [0.2, 0.25) is 0 Å². The first-order valence-electron chi connectivity index (χ1n) is 8.13. The smallest absolute Gasteiger partial charge is 0.0453 e. The van der Waals surface area contributed by atoms with Crippen molar-refractivity contribution in [2.24, 2.45) is 5.41 Å². The predicted octanol–water partition coefficient (Wildman–Crippen LogP) is 5.60. The molecule has 1 fully saturated rings. The largest absolute Gasteiger partial charge is 0.299 e. The standard InChI is InChI=1S/C18H28ClNS/c1-15(16-9-5-6-10-17(16)19)20(2)13-18(14-21)11-7-3-4-8-12-18/h5-6,9-10,15,21H,3-4,7-8,11-14H2,1-2H3. The van der Waals surface area contributed by atoms with Gasteiger partial charge in [-0.2, -0.15) is 12.6 Å². The lowest BCUT2D eigenvalue weighted by Gasteiger charge is -2.38. The highest BCUT2D eigenvalue weighted by Crippen LogP contribution is 2.38. The van der Waals surface area contributed by atoms with Crippen LogP contribution in [0.1, 0.15) is 57.1 Å². The topological polar surface area (TPSA) is 3.24 Å². The van der Waals surface area contributed by atoms with E-state index in [2.05, 4.69) is 31.0 Å². The number of nitrogens with zero attached hydrogens (tertiary/aromatic N) is 1. The fraction of sp³-hybridized carbons (Fsp3) is 0.667. The number of benzene rings is 1. The normalized spacial score (nSPS) is 20.2. The van der Waals surface area contributed by atoms with Crippen molar-refractivity contribution in [3.8, 4) is 0 Å². The Kier molecular flexibility index (Phi) is 6.46. The van der Waals surface area contributed by atoms with Crippen molar-refractivity contribution in [2.75, 3.05) is 19.3 Å². The van der Waals surface area contributed by atoms with E-state index in [1.54, 1.807) is 0 Å². The molecule has 1 atom stereocenters. The molecule has 118 valence electrons. The molecule has 0 aliphatic heterocycles. The fourth-order valence-corrected chi connectivity index (χ4v) is 4.27. The monoisotopic (exact) mass is 325 g/mol. The Bertz CT molecular complexity index is 441. The van der Waals surface area contributed by atoms with E-state index in [0.29, 0.717) is 11.5 Å². The number of thiol groups is 1. The highest BCUT2D eigenvalue weighted by Gasteiger charge is 2.32. The minimum absolute atomic E-state index is 0.346. The zero-order valence-electron chi connectivity index (χ0n) is 13.3. The molecule has 0 N–H and O–H groups in total. The Morgan fingerprint density at radius 3 is 2.38 bits per heavy atom. The van der Waals surface area contributed by atoms with Crippen LogP contribution in [0, 0.1) is 5.41 Å². The van der Waals surface area contributed by atoms with Gasteiger partial charge in [-0.1, -0.05) is 55.5 Å². The summed E-state index contributed by atoms with van der Waals surface area (Å²) in [6.45, 7) is 3.37. The molecule has 0 aromatic heterocycles. The first-order chi connectivity index (χ1) is 10.1. The van der Waals surface area contributed by atoms with Crippen molar-refractivity contribution in [3.63, 3.8) is 0 Å². The van der Waals surface area contributed by atoms with Crippen LogP contribution >= 0.6 is 24.2 Å². The lowest BCUT2D eigenvalue weighted by Crippen LogP contribution is -2.38. The third-order valence-corrected chi connectivity index (χ3v) is 6.12. The first kappa shape index (κ1) is 17.2. The maximum atomic E-state index is 6.36. The van der Waals surface area contributed by atoms with Crippen molar-refractivity contribution in [1.82, 2.24) is 4.90 Å². The van der Waals surface area contributed by atoms with Crippen LogP contribution in [-0.2, 0) is 0 Å². The number of halogens is 1. The second-order valence-corrected chi connectivity index (χ2v) is 7.41. The van der Waals surface area contributed by atoms with Crippen molar-refractivity contribution >= 4 is 24.2 Å². The van der Waals surface area contributed by atoms with Crippen molar-refractivity contribution in [3.05, 3.63) is 34.9 Å². The zero-order chi connectivity index (χ0) is 15.3. The Morgan fingerprint density at radius 2 is 1.81 bits per heavy atom. The first-order valence-corrected chi connectivity index (χ1v) is 9.14. The SMILES string of the molecule is CC(c1ccccc1Cl)N(C)CC1(CS)CCCCCC1. The van der Waals surface area contributed by atoms with Crippen LogP contribution in [0.15, 0.2) is 24.3 Å². The van der Waals surface area contributed by atoms with E-state index < -0.39 is 0 Å². The van der Waals surface area contributed by atoms with Crippen LogP contribution < -0.4 is 0 Å². The lowest BCUT2D eigenvalue weighted by atomic mass is 9.81. The van der Waals surface area contributed by atoms with E-state index in [9.17, 15) is 0 Å². The summed E-state index contributed by atoms with van der Waals surface area (Å²) in [5.41, 5.74) is 1.61. The molecule has 1 aromatic carbocycles. The van der Waals surface area contributed by atoms with Crippen LogP contribution in [0.2, 0.25) is 5.02 Å². The van der Waals surface area contributed by atoms with E-state index in [-0.39, 0.29) is 0 Å². The zero-order valence-corrected chi connectivity index (χ0v) is 15.0. The van der Waals surface area contributed by atoms with Gasteiger partial charge in [-0.15, -0.1) is 0 Å². The number of hydrogen-bond acceptors (Lipinski definition) is 2. The van der Waals surface area contributed by atoms with Crippen LogP contribution in [0.25, 0.3) is 0 Å². The molecule has 0 heterocycles. The van der Waals surface area contributed by atoms with Gasteiger partial charge in [-0.05, 0) is 49.6 Å². The molecule has 1 aliphatic rings. The van der Waals surface area contributed by atoms with Crippen LogP contribution in [0.3, 0.4) is 0 Å². The summed E-state index contributed by atoms with van der Waals surface area (Å²) >= 11 is 11.1. The van der Waals surface area contributed by atoms with Gasteiger partial charge in [0.15, 0.2) is 0 Å². The van der Waals surface area contributed by atoms with Gasteiger partial charge in [-0.3, -0.25) is 4.90 Å². The summed E-state index contributed by atoms with van der Waals surface area (Å²) in [7, 11) is 2.23. The Morgan fingerprint density at radius 1 is 1.19 bits per heavy atom. The predicted molar refractivity (Wildman–Crippen MR) is 96.5 cm³/mol. The average molecular weight is 326 g/mol. The summed E-state index contributed by atoms with van der Waals surface area (Å²) in [4.78, 5) is 2.46. The van der Waals surface area contributed by atoms with Crippen molar-refractivity contribution in [2.45, 2.75) is 51.5 Å². The molecule has 1 nitrogen and oxygen atoms in total. The van der Waals surface area contributed by atoms with Crippen LogP contribution in [0.4, 0.5) is 0 Å². The molecule has 0 radical (unpaired) electrons. The Hall–Kier alpha value is -0.180. The maximum absolute atomic E-state index is 6.36. The number of rotatable bonds is 5. The Labute approximate surface area is 140 Å². The lowest BCUT2D eigenvalue weighted by molar-refractivity contribution is 0.143. The van der Waals surface area contributed by atoms with Gasteiger partial charge in [-0.25, -0.2) is 0 Å². The van der Waals surface area contributed by atoms with E-state index in [1.165, 1.54) is 44.1 Å². The summed E-state index contributed by atoms with van der Waals surface area (Å²) in [6, 6.07) is 8.55. The molecular formula is C18H28ClNS. The maximum Gasteiger partial charge on any atom is 0.0453 e. The van der Waals surface area contributed by atoms with Crippen molar-refractivity contribution < 1.29 is 0 Å². The fourth-order valence-electron chi connectivity index (χ4n) is 3.56. The number of hydrogen-bond donors (Lipinski definition) is 1. The molecule has 0 amide bonds. The molecule has 2 rings (SSSR count). The van der Waals surface area contributed by atoms with E-state index in [1.807, 2.05) is 12.1 Å². The molecule has 1 aliphatic carbocycles. The van der Waals surface area contributed by atoms with E-state index in [4.69, 9.17) is 24.2 Å². The second kappa shape index (κ2) is 7.89. The highest BCUT2D eigenvalue weighted by atomic mass is 35.5. The third kappa shape index (κ3) is 4.40. The molecule has 1 saturated carbocycles. The van der Waals surface area contributed by atoms with Crippen LogP contribution in [0.5, 0.6) is 0 Å². The van der Waals surface area contributed by atoms with Gasteiger partial charge in [0.05, 0.1) is 0 Å². The highest BCUT2D eigenvalue weighted by molar-refractivity contribution is 7.80. The molecule has 0 bridgehead atoms. The Balaban J connectivity index is 2.08. The van der Waals surface area contributed by atoms with Crippen LogP contribution in [-0.4, -0.2) is 24.2 Å². The molecule has 21 heavy (non-hydrogen) atoms. The molecule has 0 spiro atoms. The molecular weight excluding hydrogens is 298 g/mol.